The highest BCUT2D eigenvalue weighted by Crippen LogP contribution is 2.59. The van der Waals surface area contributed by atoms with E-state index in [0.29, 0.717) is 12.8 Å². The summed E-state index contributed by atoms with van der Waals surface area (Å²) >= 11 is 0. The maximum absolute atomic E-state index is 10.9. The first-order valence-electron chi connectivity index (χ1n) is 8.37. The molecule has 0 bridgehead atoms. The lowest BCUT2D eigenvalue weighted by Gasteiger charge is -2.26. The average molecular weight is 296 g/mol. The third-order valence-electron chi connectivity index (χ3n) is 6.19. The van der Waals surface area contributed by atoms with Gasteiger partial charge >= 0.3 is 0 Å². The van der Waals surface area contributed by atoms with Crippen LogP contribution in [-0.2, 0) is 0 Å². The van der Waals surface area contributed by atoms with Crippen LogP contribution < -0.4 is 0 Å². The molecule has 0 saturated heterocycles. The standard InChI is InChI=1S/C20H24O2/c1-3-7-19(21)9-5-13-16-12-18-14(15(16)11-17(13)19)6-10-20(18,22)8-4-2/h3-4,21-22H,1-2,5-12H2/t19-,20-/m0/s1. The molecule has 0 fully saturated rings. The third-order valence-corrected chi connectivity index (χ3v) is 6.19. The minimum atomic E-state index is -0.668. The second-order valence-corrected chi connectivity index (χ2v) is 7.27. The largest absolute Gasteiger partial charge is 0.385 e. The first kappa shape index (κ1) is 14.2. The van der Waals surface area contributed by atoms with Crippen molar-refractivity contribution in [2.75, 3.05) is 0 Å². The van der Waals surface area contributed by atoms with Gasteiger partial charge in [0.1, 0.15) is 0 Å². The summed E-state index contributed by atoms with van der Waals surface area (Å²) in [5.74, 6) is 0. The van der Waals surface area contributed by atoms with Crippen LogP contribution >= 0.6 is 0 Å². The maximum atomic E-state index is 10.9. The Kier molecular flexibility index (Phi) is 2.95. The fourth-order valence-corrected chi connectivity index (χ4v) is 5.11. The fourth-order valence-electron chi connectivity index (χ4n) is 5.11. The Morgan fingerprint density at radius 1 is 0.773 bits per heavy atom. The van der Waals surface area contributed by atoms with Crippen LogP contribution in [0.2, 0.25) is 0 Å². The lowest BCUT2D eigenvalue weighted by molar-refractivity contribution is 0.0799. The van der Waals surface area contributed by atoms with Crippen LogP contribution in [0, 0.1) is 0 Å². The lowest BCUT2D eigenvalue weighted by Crippen LogP contribution is -2.27. The summed E-state index contributed by atoms with van der Waals surface area (Å²) in [4.78, 5) is 0. The zero-order valence-corrected chi connectivity index (χ0v) is 13.1. The SMILES string of the molecule is C=CC[C@]1(O)CCC2=C1CC1=C2CC2=C1CC[C@@]2(O)CC=C. The van der Waals surface area contributed by atoms with Crippen molar-refractivity contribution in [1.82, 2.24) is 0 Å². The Morgan fingerprint density at radius 3 is 1.55 bits per heavy atom. The second kappa shape index (κ2) is 4.56. The van der Waals surface area contributed by atoms with Crippen molar-refractivity contribution >= 4 is 0 Å². The molecule has 2 nitrogen and oxygen atoms in total. The monoisotopic (exact) mass is 296 g/mol. The van der Waals surface area contributed by atoms with Crippen molar-refractivity contribution in [3.05, 3.63) is 58.7 Å². The molecule has 2 heteroatoms. The van der Waals surface area contributed by atoms with E-state index in [1.165, 1.54) is 33.4 Å². The van der Waals surface area contributed by atoms with Crippen molar-refractivity contribution in [2.24, 2.45) is 0 Å². The van der Waals surface area contributed by atoms with Gasteiger partial charge in [-0.15, -0.1) is 13.2 Å². The van der Waals surface area contributed by atoms with Crippen molar-refractivity contribution in [1.29, 1.82) is 0 Å². The lowest BCUT2D eigenvalue weighted by atomic mass is 9.87. The third kappa shape index (κ3) is 1.68. The van der Waals surface area contributed by atoms with E-state index in [9.17, 15) is 10.2 Å². The smallest absolute Gasteiger partial charge is 0.0903 e. The Morgan fingerprint density at radius 2 is 1.18 bits per heavy atom. The predicted molar refractivity (Wildman–Crippen MR) is 88.3 cm³/mol. The van der Waals surface area contributed by atoms with Crippen molar-refractivity contribution in [2.45, 2.75) is 62.6 Å². The van der Waals surface area contributed by atoms with Gasteiger partial charge in [0.05, 0.1) is 11.2 Å². The quantitative estimate of drug-likeness (QED) is 0.773. The molecule has 0 radical (unpaired) electrons. The highest BCUT2D eigenvalue weighted by molar-refractivity contribution is 5.67. The van der Waals surface area contributed by atoms with Gasteiger partial charge in [-0.1, -0.05) is 12.2 Å². The first-order valence-corrected chi connectivity index (χ1v) is 8.37. The molecular formula is C20H24O2. The van der Waals surface area contributed by atoms with Gasteiger partial charge in [-0.05, 0) is 84.8 Å². The van der Waals surface area contributed by atoms with Gasteiger partial charge < -0.3 is 10.2 Å². The molecule has 0 spiro atoms. The fraction of sp³-hybridized carbons (Fsp3) is 0.500. The number of fused-ring (bicyclic) bond motifs is 2. The summed E-state index contributed by atoms with van der Waals surface area (Å²) in [6.07, 6.45) is 10.3. The molecule has 4 aliphatic rings. The van der Waals surface area contributed by atoms with E-state index in [1.807, 2.05) is 12.2 Å². The van der Waals surface area contributed by atoms with E-state index >= 15 is 0 Å². The van der Waals surface area contributed by atoms with Gasteiger partial charge in [0.15, 0.2) is 0 Å². The normalized spacial score (nSPS) is 36.1. The summed E-state index contributed by atoms with van der Waals surface area (Å²) in [5.41, 5.74) is 6.75. The van der Waals surface area contributed by atoms with Crippen molar-refractivity contribution < 1.29 is 10.2 Å². The highest BCUT2D eigenvalue weighted by Gasteiger charge is 2.49. The molecule has 0 heterocycles. The van der Waals surface area contributed by atoms with E-state index in [2.05, 4.69) is 13.2 Å². The summed E-state index contributed by atoms with van der Waals surface area (Å²) in [6, 6.07) is 0. The van der Waals surface area contributed by atoms with Crippen LogP contribution in [-0.4, -0.2) is 21.4 Å². The van der Waals surface area contributed by atoms with Gasteiger partial charge in [0, 0.05) is 0 Å². The molecule has 0 aromatic rings. The van der Waals surface area contributed by atoms with Gasteiger partial charge in [0.2, 0.25) is 0 Å². The average Bonchev–Trinajstić information content (AvgIpc) is 3.14. The summed E-state index contributed by atoms with van der Waals surface area (Å²) < 4.78 is 0. The number of rotatable bonds is 4. The van der Waals surface area contributed by atoms with E-state index < -0.39 is 11.2 Å². The molecule has 0 unspecified atom stereocenters. The van der Waals surface area contributed by atoms with Crippen LogP contribution in [0.1, 0.15) is 51.4 Å². The highest BCUT2D eigenvalue weighted by atomic mass is 16.3. The van der Waals surface area contributed by atoms with Crippen LogP contribution in [0.5, 0.6) is 0 Å². The summed E-state index contributed by atoms with van der Waals surface area (Å²) in [6.45, 7) is 7.60. The van der Waals surface area contributed by atoms with E-state index in [0.717, 1.165) is 38.5 Å². The van der Waals surface area contributed by atoms with E-state index in [1.54, 1.807) is 0 Å². The molecule has 0 aliphatic heterocycles. The Labute approximate surface area is 132 Å². The molecule has 0 aromatic heterocycles. The molecule has 0 saturated carbocycles. The number of aliphatic hydroxyl groups is 2. The van der Waals surface area contributed by atoms with Crippen LogP contribution in [0.3, 0.4) is 0 Å². The number of hydrogen-bond donors (Lipinski definition) is 2. The molecule has 116 valence electrons. The van der Waals surface area contributed by atoms with Gasteiger partial charge in [-0.2, -0.15) is 0 Å². The van der Waals surface area contributed by atoms with Crippen LogP contribution in [0.25, 0.3) is 0 Å². The molecule has 22 heavy (non-hydrogen) atoms. The second-order valence-electron chi connectivity index (χ2n) is 7.27. The molecule has 0 amide bonds. The van der Waals surface area contributed by atoms with Gasteiger partial charge in [0.25, 0.3) is 0 Å². The van der Waals surface area contributed by atoms with Crippen LogP contribution in [0.4, 0.5) is 0 Å². The molecule has 4 rings (SSSR count). The molecular weight excluding hydrogens is 272 g/mol. The molecule has 4 aliphatic carbocycles. The minimum Gasteiger partial charge on any atom is -0.385 e. The zero-order valence-electron chi connectivity index (χ0n) is 13.1. The Balaban J connectivity index is 1.65. The first-order chi connectivity index (χ1) is 10.5. The van der Waals surface area contributed by atoms with Crippen LogP contribution in [0.15, 0.2) is 58.7 Å². The van der Waals surface area contributed by atoms with E-state index in [4.69, 9.17) is 0 Å². The minimum absolute atomic E-state index is 0.651. The predicted octanol–water partition coefficient (Wildman–Crippen LogP) is 3.89. The summed E-state index contributed by atoms with van der Waals surface area (Å²) in [5, 5.41) is 21.8. The van der Waals surface area contributed by atoms with E-state index in [-0.39, 0.29) is 0 Å². The van der Waals surface area contributed by atoms with Crippen molar-refractivity contribution in [3.63, 3.8) is 0 Å². The van der Waals surface area contributed by atoms with Gasteiger partial charge in [-0.25, -0.2) is 0 Å². The molecule has 2 atom stereocenters. The zero-order chi connectivity index (χ0) is 15.5. The Hall–Kier alpha value is -1.38. The Bertz CT molecular complexity index is 618. The van der Waals surface area contributed by atoms with Gasteiger partial charge in [-0.3, -0.25) is 0 Å². The summed E-state index contributed by atoms with van der Waals surface area (Å²) in [7, 11) is 0. The molecule has 0 aromatic carbocycles. The number of allylic oxidation sites excluding steroid dienone is 4. The topological polar surface area (TPSA) is 40.5 Å². The number of hydrogen-bond acceptors (Lipinski definition) is 2. The molecule has 2 N–H and O–H groups in total. The maximum Gasteiger partial charge on any atom is 0.0903 e. The van der Waals surface area contributed by atoms with Crippen molar-refractivity contribution in [3.8, 4) is 0 Å².